The second-order valence-electron chi connectivity index (χ2n) is 7.44. The molecule has 5 aromatic rings. The molecular weight excluding hydrogens is 414 g/mol. The molecule has 6 nitrogen and oxygen atoms in total. The molecule has 1 amide bonds. The zero-order valence-corrected chi connectivity index (χ0v) is 17.6. The lowest BCUT2D eigenvalue weighted by molar-refractivity contribution is -0.119. The number of anilines is 1. The van der Waals surface area contributed by atoms with Gasteiger partial charge in [0, 0.05) is 22.7 Å². The van der Waals surface area contributed by atoms with Gasteiger partial charge in [-0.25, -0.2) is 9.78 Å². The van der Waals surface area contributed by atoms with Gasteiger partial charge >= 0.3 is 5.97 Å². The summed E-state index contributed by atoms with van der Waals surface area (Å²) in [4.78, 5) is 34.4. The van der Waals surface area contributed by atoms with Gasteiger partial charge in [0.05, 0.1) is 22.5 Å². The summed E-state index contributed by atoms with van der Waals surface area (Å²) in [6.45, 7) is -0.405. The van der Waals surface area contributed by atoms with Gasteiger partial charge in [0.15, 0.2) is 6.61 Å². The molecular formula is C27H19N3O3. The molecule has 0 aliphatic heterocycles. The minimum Gasteiger partial charge on any atom is -0.452 e. The van der Waals surface area contributed by atoms with Crippen LogP contribution in [0.15, 0.2) is 97.2 Å². The first-order chi connectivity index (χ1) is 16.2. The molecule has 33 heavy (non-hydrogen) atoms. The van der Waals surface area contributed by atoms with Crippen LogP contribution in [0.2, 0.25) is 0 Å². The van der Waals surface area contributed by atoms with Crippen molar-refractivity contribution in [2.75, 3.05) is 11.9 Å². The third-order valence-corrected chi connectivity index (χ3v) is 5.26. The van der Waals surface area contributed by atoms with E-state index < -0.39 is 18.5 Å². The quantitative estimate of drug-likeness (QED) is 0.383. The van der Waals surface area contributed by atoms with E-state index in [0.717, 1.165) is 10.8 Å². The smallest absolute Gasteiger partial charge is 0.339 e. The molecule has 0 radical (unpaired) electrons. The van der Waals surface area contributed by atoms with E-state index >= 15 is 0 Å². The fourth-order valence-electron chi connectivity index (χ4n) is 3.72. The van der Waals surface area contributed by atoms with E-state index in [0.29, 0.717) is 33.5 Å². The molecule has 1 N–H and O–H groups in total. The molecule has 0 bridgehead atoms. The molecule has 6 heteroatoms. The standard InChI is InChI=1S/C27H19N3O3/c31-26(30-22-14-7-9-18-8-1-2-10-19(18)22)17-33-27(32)21-16-25(24-13-5-6-15-28-24)29-23-12-4-3-11-20(21)23/h1-16H,17H2,(H,30,31). The Morgan fingerprint density at radius 3 is 2.39 bits per heavy atom. The van der Waals surface area contributed by atoms with E-state index in [2.05, 4.69) is 15.3 Å². The molecule has 3 aromatic carbocycles. The van der Waals surface area contributed by atoms with Gasteiger partial charge in [-0.15, -0.1) is 0 Å². The van der Waals surface area contributed by atoms with Crippen LogP contribution in [0.5, 0.6) is 0 Å². The number of carbonyl (C=O) groups excluding carboxylic acids is 2. The van der Waals surface area contributed by atoms with Crippen molar-refractivity contribution in [1.82, 2.24) is 9.97 Å². The molecule has 0 aliphatic carbocycles. The Kier molecular flexibility index (Phi) is 5.47. The van der Waals surface area contributed by atoms with E-state index in [1.54, 1.807) is 18.3 Å². The third-order valence-electron chi connectivity index (χ3n) is 5.26. The second-order valence-corrected chi connectivity index (χ2v) is 7.44. The van der Waals surface area contributed by atoms with Crippen molar-refractivity contribution < 1.29 is 14.3 Å². The molecule has 0 fully saturated rings. The highest BCUT2D eigenvalue weighted by Crippen LogP contribution is 2.25. The number of esters is 1. The number of benzene rings is 3. The van der Waals surface area contributed by atoms with Crippen molar-refractivity contribution >= 4 is 39.2 Å². The lowest BCUT2D eigenvalue weighted by atomic mass is 10.1. The van der Waals surface area contributed by atoms with E-state index in [-0.39, 0.29) is 0 Å². The Hall–Kier alpha value is -4.58. The van der Waals surface area contributed by atoms with Crippen molar-refractivity contribution in [3.05, 3.63) is 103 Å². The van der Waals surface area contributed by atoms with E-state index in [1.807, 2.05) is 78.9 Å². The highest BCUT2D eigenvalue weighted by Gasteiger charge is 2.17. The molecule has 0 unspecified atom stereocenters. The van der Waals surface area contributed by atoms with Crippen LogP contribution in [0, 0.1) is 0 Å². The Morgan fingerprint density at radius 2 is 1.55 bits per heavy atom. The topological polar surface area (TPSA) is 81.2 Å². The first kappa shape index (κ1) is 20.3. The van der Waals surface area contributed by atoms with Crippen LogP contribution in [0.3, 0.4) is 0 Å². The maximum absolute atomic E-state index is 13.0. The maximum Gasteiger partial charge on any atom is 0.339 e. The predicted molar refractivity (Wildman–Crippen MR) is 128 cm³/mol. The van der Waals surface area contributed by atoms with Crippen molar-refractivity contribution in [2.24, 2.45) is 0 Å². The Morgan fingerprint density at radius 1 is 0.788 bits per heavy atom. The number of fused-ring (bicyclic) bond motifs is 2. The summed E-state index contributed by atoms with van der Waals surface area (Å²) in [5, 5.41) is 5.41. The van der Waals surface area contributed by atoms with Crippen molar-refractivity contribution in [3.8, 4) is 11.4 Å². The van der Waals surface area contributed by atoms with Gasteiger partial charge < -0.3 is 10.1 Å². The molecule has 0 saturated carbocycles. The number of para-hydroxylation sites is 1. The summed E-state index contributed by atoms with van der Waals surface area (Å²) >= 11 is 0. The predicted octanol–water partition coefficient (Wildman–Crippen LogP) is 5.25. The molecule has 5 rings (SSSR count). The monoisotopic (exact) mass is 433 g/mol. The number of pyridine rings is 2. The zero-order valence-electron chi connectivity index (χ0n) is 17.6. The molecule has 0 saturated heterocycles. The second kappa shape index (κ2) is 8.88. The summed E-state index contributed by atoms with van der Waals surface area (Å²) in [7, 11) is 0. The highest BCUT2D eigenvalue weighted by atomic mass is 16.5. The summed E-state index contributed by atoms with van der Waals surface area (Å²) in [6, 6.07) is 27.9. The van der Waals surface area contributed by atoms with Crippen LogP contribution in [0.25, 0.3) is 33.1 Å². The van der Waals surface area contributed by atoms with Crippen LogP contribution < -0.4 is 5.32 Å². The van der Waals surface area contributed by atoms with Crippen LogP contribution in [-0.4, -0.2) is 28.5 Å². The van der Waals surface area contributed by atoms with Gasteiger partial charge in [0.1, 0.15) is 0 Å². The number of hydrogen-bond donors (Lipinski definition) is 1. The minimum atomic E-state index is -0.598. The number of ether oxygens (including phenoxy) is 1. The number of hydrogen-bond acceptors (Lipinski definition) is 5. The Labute approximate surface area is 189 Å². The van der Waals surface area contributed by atoms with Crippen molar-refractivity contribution in [1.29, 1.82) is 0 Å². The minimum absolute atomic E-state index is 0.333. The third kappa shape index (κ3) is 4.27. The lowest BCUT2D eigenvalue weighted by Crippen LogP contribution is -2.21. The van der Waals surface area contributed by atoms with Gasteiger partial charge in [-0.1, -0.05) is 60.7 Å². The molecule has 0 atom stereocenters. The van der Waals surface area contributed by atoms with Crippen LogP contribution in [0.1, 0.15) is 10.4 Å². The average Bonchev–Trinajstić information content (AvgIpc) is 2.87. The fourth-order valence-corrected chi connectivity index (χ4v) is 3.72. The Balaban J connectivity index is 1.37. The fraction of sp³-hybridized carbons (Fsp3) is 0.0370. The number of rotatable bonds is 5. The molecule has 160 valence electrons. The molecule has 0 spiro atoms. The summed E-state index contributed by atoms with van der Waals surface area (Å²) in [5.74, 6) is -1.01. The van der Waals surface area contributed by atoms with Crippen LogP contribution >= 0.6 is 0 Å². The highest BCUT2D eigenvalue weighted by molar-refractivity contribution is 6.06. The van der Waals surface area contributed by atoms with E-state index in [1.165, 1.54) is 0 Å². The molecule has 0 aliphatic rings. The number of carbonyl (C=O) groups is 2. The first-order valence-electron chi connectivity index (χ1n) is 10.4. The van der Waals surface area contributed by atoms with Gasteiger partial charge in [0.25, 0.3) is 5.91 Å². The number of nitrogens with zero attached hydrogens (tertiary/aromatic N) is 2. The SMILES string of the molecule is O=C(COC(=O)c1cc(-c2ccccn2)nc2ccccc12)Nc1cccc2ccccc12. The maximum atomic E-state index is 13.0. The summed E-state index contributed by atoms with van der Waals surface area (Å²) in [5.41, 5.74) is 2.85. The van der Waals surface area contributed by atoms with Gasteiger partial charge in [0.2, 0.25) is 0 Å². The summed E-state index contributed by atoms with van der Waals surface area (Å²) < 4.78 is 5.37. The zero-order chi connectivity index (χ0) is 22.6. The molecule has 2 aromatic heterocycles. The number of nitrogens with one attached hydrogen (secondary N) is 1. The first-order valence-corrected chi connectivity index (χ1v) is 10.4. The van der Waals surface area contributed by atoms with Crippen molar-refractivity contribution in [3.63, 3.8) is 0 Å². The van der Waals surface area contributed by atoms with Crippen molar-refractivity contribution in [2.45, 2.75) is 0 Å². The number of aromatic nitrogens is 2. The Bertz CT molecular complexity index is 1480. The molecule has 2 heterocycles. The van der Waals surface area contributed by atoms with Gasteiger partial charge in [-0.2, -0.15) is 0 Å². The largest absolute Gasteiger partial charge is 0.452 e. The van der Waals surface area contributed by atoms with Gasteiger partial charge in [-0.3, -0.25) is 9.78 Å². The average molecular weight is 433 g/mol. The summed E-state index contributed by atoms with van der Waals surface area (Å²) in [6.07, 6.45) is 1.67. The van der Waals surface area contributed by atoms with Gasteiger partial charge in [-0.05, 0) is 35.7 Å². The normalized spacial score (nSPS) is 10.8. The number of amides is 1. The van der Waals surface area contributed by atoms with Crippen LogP contribution in [0.4, 0.5) is 5.69 Å². The van der Waals surface area contributed by atoms with E-state index in [9.17, 15) is 9.59 Å². The van der Waals surface area contributed by atoms with E-state index in [4.69, 9.17) is 4.74 Å². The lowest BCUT2D eigenvalue weighted by Gasteiger charge is -2.11. The van der Waals surface area contributed by atoms with Crippen LogP contribution in [-0.2, 0) is 9.53 Å².